The van der Waals surface area contributed by atoms with Crippen molar-refractivity contribution in [3.8, 4) is 0 Å². The second kappa shape index (κ2) is 9.29. The summed E-state index contributed by atoms with van der Waals surface area (Å²) in [5.41, 5.74) is 2.36. The molecule has 7 nitrogen and oxygen atoms in total. The van der Waals surface area contributed by atoms with E-state index in [0.717, 1.165) is 6.42 Å². The molecule has 1 aromatic rings. The van der Waals surface area contributed by atoms with Crippen molar-refractivity contribution in [2.75, 3.05) is 45.8 Å². The Balaban J connectivity index is 1.74. The fourth-order valence-electron chi connectivity index (χ4n) is 4.37. The highest BCUT2D eigenvalue weighted by molar-refractivity contribution is 5.82. The van der Waals surface area contributed by atoms with Gasteiger partial charge in [-0.25, -0.2) is 4.79 Å². The number of nitrogens with one attached hydrogen (secondary N) is 1. The zero-order valence-corrected chi connectivity index (χ0v) is 17.7. The first-order valence-electron chi connectivity index (χ1n) is 10.5. The van der Waals surface area contributed by atoms with Gasteiger partial charge in [0.2, 0.25) is 11.8 Å². The first kappa shape index (κ1) is 21.1. The predicted octanol–water partition coefficient (Wildman–Crippen LogP) is 1.82. The molecule has 2 atom stereocenters. The Hall–Kier alpha value is -2.57. The average Bonchev–Trinajstić information content (AvgIpc) is 2.73. The van der Waals surface area contributed by atoms with E-state index in [9.17, 15) is 14.4 Å². The number of likely N-dealkylation sites (tertiary alicyclic amines) is 1. The average molecular weight is 401 g/mol. The molecule has 2 aliphatic heterocycles. The summed E-state index contributed by atoms with van der Waals surface area (Å²) in [6.07, 6.45) is 0.741. The van der Waals surface area contributed by atoms with Crippen molar-refractivity contribution in [3.05, 3.63) is 35.4 Å². The van der Waals surface area contributed by atoms with Gasteiger partial charge in [-0.3, -0.25) is 9.59 Å². The molecule has 2 fully saturated rings. The van der Waals surface area contributed by atoms with Crippen molar-refractivity contribution in [1.29, 1.82) is 0 Å². The van der Waals surface area contributed by atoms with E-state index >= 15 is 0 Å². The highest BCUT2D eigenvalue weighted by Crippen LogP contribution is 2.32. The molecule has 3 rings (SSSR count). The van der Waals surface area contributed by atoms with Gasteiger partial charge in [-0.1, -0.05) is 29.8 Å². The molecule has 2 aliphatic rings. The summed E-state index contributed by atoms with van der Waals surface area (Å²) >= 11 is 0. The second-order valence-electron chi connectivity index (χ2n) is 8.12. The van der Waals surface area contributed by atoms with Gasteiger partial charge in [0.05, 0.1) is 5.92 Å². The van der Waals surface area contributed by atoms with Crippen LogP contribution in [0.15, 0.2) is 24.3 Å². The van der Waals surface area contributed by atoms with Crippen LogP contribution in [0.2, 0.25) is 0 Å². The molecule has 0 saturated carbocycles. The number of hydrogen-bond donors (Lipinski definition) is 1. The number of piperidine rings is 1. The molecule has 0 aliphatic carbocycles. The number of hydrogen-bond acceptors (Lipinski definition) is 3. The predicted molar refractivity (Wildman–Crippen MR) is 112 cm³/mol. The molecule has 158 valence electrons. The van der Waals surface area contributed by atoms with Crippen LogP contribution in [0.1, 0.15) is 37.3 Å². The number of nitrogens with zero attached hydrogens (tertiary/aromatic N) is 3. The normalized spacial score (nSPS) is 22.4. The van der Waals surface area contributed by atoms with Crippen LogP contribution < -0.4 is 5.32 Å². The van der Waals surface area contributed by atoms with E-state index in [1.165, 1.54) is 11.1 Å². The lowest BCUT2D eigenvalue weighted by Gasteiger charge is -2.41. The molecular formula is C22H32N4O3. The monoisotopic (exact) mass is 400 g/mol. The minimum atomic E-state index is -0.222. The number of rotatable bonds is 3. The van der Waals surface area contributed by atoms with Crippen molar-refractivity contribution in [1.82, 2.24) is 20.0 Å². The summed E-state index contributed by atoms with van der Waals surface area (Å²) in [7, 11) is 0. The molecule has 1 N–H and O–H groups in total. The molecule has 4 amide bonds. The van der Waals surface area contributed by atoms with E-state index in [1.807, 2.05) is 17.9 Å². The maximum atomic E-state index is 13.3. The van der Waals surface area contributed by atoms with E-state index in [2.05, 4.69) is 30.4 Å². The minimum Gasteiger partial charge on any atom is -0.339 e. The van der Waals surface area contributed by atoms with Gasteiger partial charge in [-0.05, 0) is 25.8 Å². The lowest BCUT2D eigenvalue weighted by Crippen LogP contribution is -2.55. The third-order valence-corrected chi connectivity index (χ3v) is 5.97. The fraction of sp³-hybridized carbons (Fsp3) is 0.591. The molecule has 29 heavy (non-hydrogen) atoms. The van der Waals surface area contributed by atoms with Crippen LogP contribution in [0.4, 0.5) is 4.79 Å². The largest absolute Gasteiger partial charge is 0.339 e. The minimum absolute atomic E-state index is 0.0525. The number of urea groups is 1. The van der Waals surface area contributed by atoms with Crippen LogP contribution in [0.3, 0.4) is 0 Å². The van der Waals surface area contributed by atoms with E-state index in [-0.39, 0.29) is 29.7 Å². The zero-order chi connectivity index (χ0) is 21.0. The van der Waals surface area contributed by atoms with Crippen LogP contribution in [0, 0.1) is 12.8 Å². The van der Waals surface area contributed by atoms with E-state index in [4.69, 9.17) is 0 Å². The van der Waals surface area contributed by atoms with Gasteiger partial charge < -0.3 is 20.0 Å². The first-order valence-corrected chi connectivity index (χ1v) is 10.5. The quantitative estimate of drug-likeness (QED) is 0.841. The number of carbonyl (C=O) groups excluding carboxylic acids is 3. The molecule has 2 heterocycles. The van der Waals surface area contributed by atoms with Crippen LogP contribution in [0.5, 0.6) is 0 Å². The molecule has 2 saturated heterocycles. The third-order valence-electron chi connectivity index (χ3n) is 5.97. The fourth-order valence-corrected chi connectivity index (χ4v) is 4.37. The number of benzene rings is 1. The van der Waals surface area contributed by atoms with Crippen molar-refractivity contribution in [2.24, 2.45) is 5.92 Å². The molecule has 7 heteroatoms. The molecule has 0 bridgehead atoms. The maximum Gasteiger partial charge on any atom is 0.317 e. The molecule has 2 unspecified atom stereocenters. The molecule has 0 radical (unpaired) electrons. The molecule has 1 aromatic carbocycles. The van der Waals surface area contributed by atoms with Gasteiger partial charge in [0.15, 0.2) is 0 Å². The van der Waals surface area contributed by atoms with Crippen LogP contribution in [-0.4, -0.2) is 78.4 Å². The van der Waals surface area contributed by atoms with Crippen molar-refractivity contribution in [2.45, 2.75) is 33.1 Å². The van der Waals surface area contributed by atoms with Gasteiger partial charge >= 0.3 is 6.03 Å². The lowest BCUT2D eigenvalue weighted by molar-refractivity contribution is -0.142. The number of piperazine rings is 1. The summed E-state index contributed by atoms with van der Waals surface area (Å²) in [5.74, 6) is 0.0657. The summed E-state index contributed by atoms with van der Waals surface area (Å²) in [4.78, 5) is 42.8. The Labute approximate surface area is 173 Å². The van der Waals surface area contributed by atoms with Gasteiger partial charge in [-0.15, -0.1) is 0 Å². The Morgan fingerprint density at radius 1 is 1.03 bits per heavy atom. The van der Waals surface area contributed by atoms with Crippen LogP contribution in [0.25, 0.3) is 0 Å². The standard InChI is InChI=1S/C22H32N4O3/c1-4-23-22(29)26-14-19(18-7-5-6-16(2)12-18)13-20(15-26)21(28)25-10-8-24(9-11-25)17(3)27/h5-7,12,19-20H,4,8-11,13-15H2,1-3H3,(H,23,29). The van der Waals surface area contributed by atoms with Crippen LogP contribution >= 0.6 is 0 Å². The van der Waals surface area contributed by atoms with E-state index in [0.29, 0.717) is 45.8 Å². The molecular weight excluding hydrogens is 368 g/mol. The molecule has 0 spiro atoms. The van der Waals surface area contributed by atoms with Crippen molar-refractivity contribution >= 4 is 17.8 Å². The first-order chi connectivity index (χ1) is 13.9. The van der Waals surface area contributed by atoms with Gasteiger partial charge in [0, 0.05) is 58.7 Å². The van der Waals surface area contributed by atoms with Gasteiger partial charge in [0.25, 0.3) is 0 Å². The number of amides is 4. The van der Waals surface area contributed by atoms with Crippen molar-refractivity contribution < 1.29 is 14.4 Å². The number of aryl methyl sites for hydroxylation is 1. The Morgan fingerprint density at radius 3 is 2.34 bits per heavy atom. The number of carbonyl (C=O) groups is 3. The highest BCUT2D eigenvalue weighted by atomic mass is 16.2. The Kier molecular flexibility index (Phi) is 6.77. The summed E-state index contributed by atoms with van der Waals surface area (Å²) < 4.78 is 0. The Morgan fingerprint density at radius 2 is 1.72 bits per heavy atom. The second-order valence-corrected chi connectivity index (χ2v) is 8.12. The van der Waals surface area contributed by atoms with Gasteiger partial charge in [0.1, 0.15) is 0 Å². The SMILES string of the molecule is CCNC(=O)N1CC(C(=O)N2CCN(C(C)=O)CC2)CC(c2cccc(C)c2)C1. The summed E-state index contributed by atoms with van der Waals surface area (Å²) in [6, 6.07) is 8.23. The third kappa shape index (κ3) is 5.08. The van der Waals surface area contributed by atoms with Crippen LogP contribution in [-0.2, 0) is 9.59 Å². The molecule has 0 aromatic heterocycles. The van der Waals surface area contributed by atoms with E-state index in [1.54, 1.807) is 16.7 Å². The zero-order valence-electron chi connectivity index (χ0n) is 17.7. The maximum absolute atomic E-state index is 13.3. The summed E-state index contributed by atoms with van der Waals surface area (Å²) in [6.45, 7) is 9.44. The lowest BCUT2D eigenvalue weighted by atomic mass is 9.83. The highest BCUT2D eigenvalue weighted by Gasteiger charge is 2.37. The van der Waals surface area contributed by atoms with E-state index < -0.39 is 0 Å². The van der Waals surface area contributed by atoms with Crippen molar-refractivity contribution in [3.63, 3.8) is 0 Å². The summed E-state index contributed by atoms with van der Waals surface area (Å²) in [5, 5.41) is 2.87. The Bertz CT molecular complexity index is 758. The topological polar surface area (TPSA) is 73.0 Å². The van der Waals surface area contributed by atoms with Gasteiger partial charge in [-0.2, -0.15) is 0 Å². The smallest absolute Gasteiger partial charge is 0.317 e.